The number of carbonyl (C=O) groups is 1. The number of aryl methyl sites for hydroxylation is 1. The fourth-order valence-corrected chi connectivity index (χ4v) is 3.36. The maximum atomic E-state index is 12.5. The zero-order chi connectivity index (χ0) is 17.9. The number of benzene rings is 2. The van der Waals surface area contributed by atoms with Crippen molar-refractivity contribution in [2.45, 2.75) is 12.8 Å². The van der Waals surface area contributed by atoms with Gasteiger partial charge >= 0.3 is 0 Å². The molecule has 0 bridgehead atoms. The number of aromatic amines is 1. The number of hydrogen-bond donors (Lipinski definition) is 2. The molecule has 4 nitrogen and oxygen atoms in total. The molecule has 130 valence electrons. The summed E-state index contributed by atoms with van der Waals surface area (Å²) in [6.45, 7) is 2.36. The highest BCUT2D eigenvalue weighted by atomic mass is 16.3. The SMILES string of the molecule is Cc1ccoc1C(=O)NC[C@H](c1ccccc1)c1c[nH]c2ccccc12. The zero-order valence-electron chi connectivity index (χ0n) is 14.5. The van der Waals surface area contributed by atoms with Gasteiger partial charge in [-0.15, -0.1) is 0 Å². The van der Waals surface area contributed by atoms with Crippen LogP contribution in [0.1, 0.15) is 33.2 Å². The van der Waals surface area contributed by atoms with Gasteiger partial charge in [-0.25, -0.2) is 0 Å². The standard InChI is InChI=1S/C22H20N2O2/c1-15-11-12-26-21(15)22(25)24-13-18(16-7-3-2-4-8-16)19-14-23-20-10-6-5-9-17(19)20/h2-12,14,18,23H,13H2,1H3,(H,24,25)/t18-/m1/s1. The Morgan fingerprint density at radius 3 is 2.62 bits per heavy atom. The maximum Gasteiger partial charge on any atom is 0.287 e. The normalized spacial score (nSPS) is 12.2. The third-order valence-corrected chi connectivity index (χ3v) is 4.73. The molecule has 0 aliphatic rings. The second-order valence-corrected chi connectivity index (χ2v) is 6.40. The lowest BCUT2D eigenvalue weighted by molar-refractivity contribution is 0.0924. The molecule has 4 rings (SSSR count). The topological polar surface area (TPSA) is 58.0 Å². The molecule has 0 saturated heterocycles. The van der Waals surface area contributed by atoms with E-state index in [0.29, 0.717) is 12.3 Å². The van der Waals surface area contributed by atoms with Gasteiger partial charge < -0.3 is 14.7 Å². The average molecular weight is 344 g/mol. The highest BCUT2D eigenvalue weighted by molar-refractivity contribution is 5.93. The van der Waals surface area contributed by atoms with Crippen molar-refractivity contribution in [3.05, 3.63) is 95.6 Å². The Morgan fingerprint density at radius 1 is 1.08 bits per heavy atom. The lowest BCUT2D eigenvalue weighted by atomic mass is 9.91. The van der Waals surface area contributed by atoms with E-state index in [0.717, 1.165) is 16.6 Å². The van der Waals surface area contributed by atoms with Crippen LogP contribution in [0.3, 0.4) is 0 Å². The van der Waals surface area contributed by atoms with Crippen molar-refractivity contribution in [3.63, 3.8) is 0 Å². The van der Waals surface area contributed by atoms with Crippen LogP contribution in [0.2, 0.25) is 0 Å². The average Bonchev–Trinajstić information content (AvgIpc) is 3.29. The molecule has 0 aliphatic carbocycles. The van der Waals surface area contributed by atoms with E-state index in [2.05, 4.69) is 34.6 Å². The number of fused-ring (bicyclic) bond motifs is 1. The molecule has 4 heteroatoms. The lowest BCUT2D eigenvalue weighted by Gasteiger charge is -2.18. The molecule has 1 amide bonds. The molecule has 0 fully saturated rings. The molecule has 4 aromatic rings. The van der Waals surface area contributed by atoms with Gasteiger partial charge in [0.05, 0.1) is 6.26 Å². The number of carbonyl (C=O) groups excluding carboxylic acids is 1. The van der Waals surface area contributed by atoms with Crippen LogP contribution >= 0.6 is 0 Å². The van der Waals surface area contributed by atoms with Crippen LogP contribution in [0, 0.1) is 6.92 Å². The van der Waals surface area contributed by atoms with E-state index in [1.165, 1.54) is 10.9 Å². The summed E-state index contributed by atoms with van der Waals surface area (Å²) in [5.74, 6) is 0.232. The Labute approximate surface area is 151 Å². The second kappa shape index (κ2) is 6.92. The lowest BCUT2D eigenvalue weighted by Crippen LogP contribution is -2.29. The Kier molecular flexibility index (Phi) is 4.32. The summed E-state index contributed by atoms with van der Waals surface area (Å²) < 4.78 is 5.31. The van der Waals surface area contributed by atoms with Crippen LogP contribution in [-0.4, -0.2) is 17.4 Å². The summed E-state index contributed by atoms with van der Waals surface area (Å²) in [7, 11) is 0. The number of furan rings is 1. The van der Waals surface area contributed by atoms with Gasteiger partial charge in [0.25, 0.3) is 5.91 Å². The first kappa shape index (κ1) is 16.2. The maximum absolute atomic E-state index is 12.5. The van der Waals surface area contributed by atoms with Gasteiger partial charge in [-0.3, -0.25) is 4.79 Å². The van der Waals surface area contributed by atoms with E-state index in [9.17, 15) is 4.79 Å². The highest BCUT2D eigenvalue weighted by Gasteiger charge is 2.20. The van der Waals surface area contributed by atoms with E-state index >= 15 is 0 Å². The molecular formula is C22H20N2O2. The molecule has 2 aromatic heterocycles. The van der Waals surface area contributed by atoms with Crippen LogP contribution in [-0.2, 0) is 0 Å². The molecule has 2 aromatic carbocycles. The van der Waals surface area contributed by atoms with Crippen molar-refractivity contribution < 1.29 is 9.21 Å². The first-order chi connectivity index (χ1) is 12.7. The second-order valence-electron chi connectivity index (χ2n) is 6.40. The van der Waals surface area contributed by atoms with Gasteiger partial charge in [-0.1, -0.05) is 48.5 Å². The quantitative estimate of drug-likeness (QED) is 0.554. The molecule has 2 N–H and O–H groups in total. The molecular weight excluding hydrogens is 324 g/mol. The van der Waals surface area contributed by atoms with Crippen molar-refractivity contribution in [3.8, 4) is 0 Å². The first-order valence-electron chi connectivity index (χ1n) is 8.67. The van der Waals surface area contributed by atoms with E-state index in [4.69, 9.17) is 4.42 Å². The van der Waals surface area contributed by atoms with Crippen LogP contribution in [0.15, 0.2) is 77.5 Å². The highest BCUT2D eigenvalue weighted by Crippen LogP contribution is 2.30. The number of para-hydroxylation sites is 1. The number of nitrogens with one attached hydrogen (secondary N) is 2. The number of hydrogen-bond acceptors (Lipinski definition) is 2. The van der Waals surface area contributed by atoms with Gasteiger partial charge in [0.2, 0.25) is 0 Å². The summed E-state index contributed by atoms with van der Waals surface area (Å²) >= 11 is 0. The summed E-state index contributed by atoms with van der Waals surface area (Å²) in [6.07, 6.45) is 3.57. The minimum absolute atomic E-state index is 0.0477. The number of H-pyrrole nitrogens is 1. The smallest absolute Gasteiger partial charge is 0.287 e. The summed E-state index contributed by atoms with van der Waals surface area (Å²) in [6, 6.07) is 20.2. The number of aromatic nitrogens is 1. The van der Waals surface area contributed by atoms with Crippen molar-refractivity contribution in [2.24, 2.45) is 0 Å². The molecule has 2 heterocycles. The molecule has 0 radical (unpaired) electrons. The third kappa shape index (κ3) is 3.02. The van der Waals surface area contributed by atoms with Crippen LogP contribution in [0.25, 0.3) is 10.9 Å². The van der Waals surface area contributed by atoms with Gasteiger partial charge in [0.15, 0.2) is 5.76 Å². The van der Waals surface area contributed by atoms with Crippen LogP contribution < -0.4 is 5.32 Å². The van der Waals surface area contributed by atoms with Gasteiger partial charge in [-0.2, -0.15) is 0 Å². The molecule has 1 atom stereocenters. The van der Waals surface area contributed by atoms with Crippen molar-refractivity contribution in [1.82, 2.24) is 10.3 Å². The molecule has 0 unspecified atom stereocenters. The predicted octanol–water partition coefficient (Wildman–Crippen LogP) is 4.63. The van der Waals surface area contributed by atoms with Crippen molar-refractivity contribution >= 4 is 16.8 Å². The fourth-order valence-electron chi connectivity index (χ4n) is 3.36. The first-order valence-corrected chi connectivity index (χ1v) is 8.67. The zero-order valence-corrected chi connectivity index (χ0v) is 14.5. The largest absolute Gasteiger partial charge is 0.459 e. The Morgan fingerprint density at radius 2 is 1.85 bits per heavy atom. The molecule has 0 aliphatic heterocycles. The van der Waals surface area contributed by atoms with E-state index in [1.807, 2.05) is 43.5 Å². The number of amides is 1. The van der Waals surface area contributed by atoms with E-state index in [-0.39, 0.29) is 11.8 Å². The third-order valence-electron chi connectivity index (χ3n) is 4.73. The molecule has 26 heavy (non-hydrogen) atoms. The molecule has 0 saturated carbocycles. The van der Waals surface area contributed by atoms with Crippen molar-refractivity contribution in [2.75, 3.05) is 6.54 Å². The minimum Gasteiger partial charge on any atom is -0.459 e. The minimum atomic E-state index is -0.187. The Bertz CT molecular complexity index is 1030. The van der Waals surface area contributed by atoms with E-state index < -0.39 is 0 Å². The van der Waals surface area contributed by atoms with Gasteiger partial charge in [0, 0.05) is 35.1 Å². The van der Waals surface area contributed by atoms with Gasteiger partial charge in [0.1, 0.15) is 0 Å². The Balaban J connectivity index is 1.66. The van der Waals surface area contributed by atoms with Crippen LogP contribution in [0.5, 0.6) is 0 Å². The van der Waals surface area contributed by atoms with Crippen LogP contribution in [0.4, 0.5) is 0 Å². The number of rotatable bonds is 5. The Hall–Kier alpha value is -3.27. The monoisotopic (exact) mass is 344 g/mol. The van der Waals surface area contributed by atoms with E-state index in [1.54, 1.807) is 12.3 Å². The summed E-state index contributed by atoms with van der Waals surface area (Å²) in [5.41, 5.74) is 4.26. The van der Waals surface area contributed by atoms with Crippen molar-refractivity contribution in [1.29, 1.82) is 0 Å². The fraction of sp³-hybridized carbons (Fsp3) is 0.136. The summed E-state index contributed by atoms with van der Waals surface area (Å²) in [4.78, 5) is 15.8. The molecule has 0 spiro atoms. The van der Waals surface area contributed by atoms with Gasteiger partial charge in [-0.05, 0) is 30.2 Å². The summed E-state index contributed by atoms with van der Waals surface area (Å²) in [5, 5.41) is 4.20. The predicted molar refractivity (Wildman–Crippen MR) is 102 cm³/mol.